The Morgan fingerprint density at radius 1 is 1.52 bits per heavy atom. The fraction of sp³-hybridized carbons (Fsp3) is 0.214. The van der Waals surface area contributed by atoms with E-state index >= 15 is 0 Å². The Morgan fingerprint density at radius 3 is 2.90 bits per heavy atom. The van der Waals surface area contributed by atoms with Crippen LogP contribution in [-0.4, -0.2) is 27.3 Å². The van der Waals surface area contributed by atoms with Crippen LogP contribution in [0.3, 0.4) is 0 Å². The number of rotatable bonds is 6. The molecule has 4 nitrogen and oxygen atoms in total. The molecule has 7 heteroatoms. The lowest BCUT2D eigenvalue weighted by molar-refractivity contribution is 0.0748. The van der Waals surface area contributed by atoms with E-state index in [2.05, 4.69) is 27.6 Å². The van der Waals surface area contributed by atoms with E-state index in [0.29, 0.717) is 30.1 Å². The first kappa shape index (κ1) is 16.3. The van der Waals surface area contributed by atoms with E-state index in [0.717, 1.165) is 8.45 Å². The quantitative estimate of drug-likeness (QED) is 0.564. The second-order valence-corrected chi connectivity index (χ2v) is 7.77. The molecule has 0 aromatic carbocycles. The molecule has 0 atom stereocenters. The molecule has 0 bridgehead atoms. The molecule has 2 rings (SSSR count). The van der Waals surface area contributed by atoms with E-state index < -0.39 is 0 Å². The molecule has 0 fully saturated rings. The molecule has 0 aliphatic rings. The lowest BCUT2D eigenvalue weighted by atomic mass is 10.2. The zero-order valence-electron chi connectivity index (χ0n) is 11.2. The number of hydrogen-bond donors (Lipinski definition) is 1. The molecule has 1 amide bonds. The van der Waals surface area contributed by atoms with Crippen LogP contribution in [0.15, 0.2) is 36.0 Å². The first-order valence-corrected chi connectivity index (χ1v) is 8.63. The van der Waals surface area contributed by atoms with E-state index in [1.807, 2.05) is 23.6 Å². The van der Waals surface area contributed by atoms with Crippen molar-refractivity contribution in [3.63, 3.8) is 0 Å². The third-order valence-electron chi connectivity index (χ3n) is 2.83. The van der Waals surface area contributed by atoms with Crippen LogP contribution in [0.1, 0.15) is 22.3 Å². The molecule has 0 spiro atoms. The third kappa shape index (κ3) is 5.01. The summed E-state index contributed by atoms with van der Waals surface area (Å²) in [5.41, 5.74) is 7.25. The van der Waals surface area contributed by atoms with Crippen LogP contribution in [0.4, 0.5) is 0 Å². The minimum atomic E-state index is -0.00531. The van der Waals surface area contributed by atoms with Crippen molar-refractivity contribution >= 4 is 57.0 Å². The normalized spacial score (nSPS) is 10.3. The molecule has 0 radical (unpaired) electrons. The number of hydrogen-bond acceptors (Lipinski definition) is 4. The van der Waals surface area contributed by atoms with E-state index in [1.165, 1.54) is 0 Å². The van der Waals surface area contributed by atoms with Crippen LogP contribution in [0.25, 0.3) is 0 Å². The number of carbonyl (C=O) groups is 1. The van der Waals surface area contributed by atoms with Gasteiger partial charge in [0.05, 0.1) is 13.4 Å². The summed E-state index contributed by atoms with van der Waals surface area (Å²) in [7, 11) is 0. The Kier molecular flexibility index (Phi) is 6.07. The van der Waals surface area contributed by atoms with Gasteiger partial charge in [-0.2, -0.15) is 0 Å². The summed E-state index contributed by atoms with van der Waals surface area (Å²) in [6.45, 7) is 1.01. The Balaban J connectivity index is 2.14. The highest BCUT2D eigenvalue weighted by Crippen LogP contribution is 2.19. The van der Waals surface area contributed by atoms with Gasteiger partial charge in [-0.15, -0.1) is 11.3 Å². The lowest BCUT2D eigenvalue weighted by Crippen LogP contribution is -2.33. The zero-order chi connectivity index (χ0) is 15.2. The molecular weight excluding hydrogens is 417 g/mol. The van der Waals surface area contributed by atoms with Crippen molar-refractivity contribution in [1.29, 1.82) is 0 Å². The van der Waals surface area contributed by atoms with Gasteiger partial charge >= 0.3 is 0 Å². The Morgan fingerprint density at radius 2 is 2.33 bits per heavy atom. The number of thiophene rings is 1. The van der Waals surface area contributed by atoms with Crippen molar-refractivity contribution < 1.29 is 4.79 Å². The van der Waals surface area contributed by atoms with Crippen molar-refractivity contribution in [2.75, 3.05) is 6.54 Å². The van der Waals surface area contributed by atoms with Crippen LogP contribution < -0.4 is 5.73 Å². The van der Waals surface area contributed by atoms with Crippen LogP contribution in [0.2, 0.25) is 0 Å². The summed E-state index contributed by atoms with van der Waals surface area (Å²) in [5.74, 6) is -0.00531. The number of aromatic nitrogens is 1. The Bertz CT molecular complexity index is 630. The predicted octanol–water partition coefficient (Wildman–Crippen LogP) is 3.07. The van der Waals surface area contributed by atoms with Gasteiger partial charge in [-0.05, 0) is 40.3 Å². The molecule has 0 saturated heterocycles. The minimum absolute atomic E-state index is 0.00531. The Hall–Kier alpha value is -1.06. The topological polar surface area (TPSA) is 59.2 Å². The summed E-state index contributed by atoms with van der Waals surface area (Å²) in [6, 6.07) is 5.70. The molecule has 2 aromatic rings. The van der Waals surface area contributed by atoms with E-state index in [-0.39, 0.29) is 5.91 Å². The zero-order valence-corrected chi connectivity index (χ0v) is 15.0. The van der Waals surface area contributed by atoms with Gasteiger partial charge in [-0.25, -0.2) is 0 Å². The molecule has 0 aliphatic carbocycles. The summed E-state index contributed by atoms with van der Waals surface area (Å²) in [5, 5.41) is 1.88. The second kappa shape index (κ2) is 7.81. The highest BCUT2D eigenvalue weighted by atomic mass is 127. The second-order valence-electron chi connectivity index (χ2n) is 4.44. The summed E-state index contributed by atoms with van der Waals surface area (Å²) >= 11 is 8.68. The van der Waals surface area contributed by atoms with Crippen LogP contribution >= 0.6 is 46.1 Å². The maximum absolute atomic E-state index is 12.6. The molecule has 0 unspecified atom stereocenters. The number of pyridine rings is 1. The molecule has 110 valence electrons. The van der Waals surface area contributed by atoms with Crippen LogP contribution in [-0.2, 0) is 6.54 Å². The average Bonchev–Trinajstić information content (AvgIpc) is 2.90. The van der Waals surface area contributed by atoms with Gasteiger partial charge in [0.1, 0.15) is 0 Å². The fourth-order valence-electron chi connectivity index (χ4n) is 1.81. The maximum atomic E-state index is 12.6. The number of nitrogens with zero attached hydrogens (tertiary/aromatic N) is 2. The number of amides is 1. The molecule has 0 aliphatic heterocycles. The van der Waals surface area contributed by atoms with Crippen LogP contribution in [0.5, 0.6) is 0 Å². The van der Waals surface area contributed by atoms with Crippen molar-refractivity contribution in [2.45, 2.75) is 13.0 Å². The molecular formula is C14H14IN3OS2. The van der Waals surface area contributed by atoms with Gasteiger partial charge in [0.2, 0.25) is 0 Å². The minimum Gasteiger partial charge on any atom is -0.393 e. The van der Waals surface area contributed by atoms with Crippen molar-refractivity contribution in [1.82, 2.24) is 9.88 Å². The first-order valence-electron chi connectivity index (χ1n) is 6.27. The summed E-state index contributed by atoms with van der Waals surface area (Å²) in [4.78, 5) is 18.9. The van der Waals surface area contributed by atoms with Gasteiger partial charge in [0.25, 0.3) is 5.91 Å². The van der Waals surface area contributed by atoms with Crippen LogP contribution in [0, 0.1) is 2.88 Å². The highest BCUT2D eigenvalue weighted by Gasteiger charge is 2.17. The highest BCUT2D eigenvalue weighted by molar-refractivity contribution is 14.1. The third-order valence-corrected chi connectivity index (χ3v) is 4.82. The standard InChI is InChI=1S/C14H14IN3OS2/c15-12-6-11(9-21-12)14(19)18(5-3-13(16)20)8-10-2-1-4-17-7-10/h1-2,4,6-7,9H,3,5,8H2,(H2,16,20). The largest absolute Gasteiger partial charge is 0.393 e. The summed E-state index contributed by atoms with van der Waals surface area (Å²) < 4.78 is 1.09. The average molecular weight is 431 g/mol. The molecule has 2 N–H and O–H groups in total. The Labute approximate surface area is 146 Å². The number of halogens is 1. The number of thiocarbonyl (C=S) groups is 1. The maximum Gasteiger partial charge on any atom is 0.255 e. The van der Waals surface area contributed by atoms with E-state index in [9.17, 15) is 4.79 Å². The van der Waals surface area contributed by atoms with Gasteiger partial charge in [0.15, 0.2) is 0 Å². The molecule has 21 heavy (non-hydrogen) atoms. The van der Waals surface area contributed by atoms with Gasteiger partial charge in [-0.1, -0.05) is 18.3 Å². The van der Waals surface area contributed by atoms with Crippen molar-refractivity contribution in [3.05, 3.63) is 50.0 Å². The van der Waals surface area contributed by atoms with Crippen molar-refractivity contribution in [2.24, 2.45) is 5.73 Å². The number of nitrogens with two attached hydrogens (primary N) is 1. The molecule has 0 saturated carbocycles. The fourth-order valence-corrected chi connectivity index (χ4v) is 3.23. The van der Waals surface area contributed by atoms with Gasteiger partial charge < -0.3 is 10.6 Å². The molecule has 2 heterocycles. The summed E-state index contributed by atoms with van der Waals surface area (Å²) in [6.07, 6.45) is 3.99. The monoisotopic (exact) mass is 431 g/mol. The molecule has 2 aromatic heterocycles. The predicted molar refractivity (Wildman–Crippen MR) is 97.4 cm³/mol. The smallest absolute Gasteiger partial charge is 0.255 e. The number of carbonyl (C=O) groups excluding carboxylic acids is 1. The van der Waals surface area contributed by atoms with E-state index in [4.69, 9.17) is 18.0 Å². The van der Waals surface area contributed by atoms with Crippen molar-refractivity contribution in [3.8, 4) is 0 Å². The van der Waals surface area contributed by atoms with E-state index in [1.54, 1.807) is 28.6 Å². The van der Waals surface area contributed by atoms with Gasteiger partial charge in [-0.3, -0.25) is 9.78 Å². The SMILES string of the molecule is NC(=S)CCN(Cc1cccnc1)C(=O)c1csc(I)c1. The van der Waals surface area contributed by atoms with Gasteiger partial charge in [0, 0.05) is 37.3 Å². The first-order chi connectivity index (χ1) is 10.1. The lowest BCUT2D eigenvalue weighted by Gasteiger charge is -2.22.